The van der Waals surface area contributed by atoms with Gasteiger partial charge in [-0.15, -0.1) is 0 Å². The summed E-state index contributed by atoms with van der Waals surface area (Å²) in [6, 6.07) is -1.13. The Morgan fingerprint density at radius 1 is 1.42 bits per heavy atom. The molecule has 112 valence electrons. The molecule has 2 N–H and O–H groups in total. The number of ether oxygens (including phenoxy) is 1. The van der Waals surface area contributed by atoms with Gasteiger partial charge in [0.05, 0.1) is 12.2 Å². The molecule has 1 saturated heterocycles. The molecule has 0 bridgehead atoms. The summed E-state index contributed by atoms with van der Waals surface area (Å²) in [7, 11) is -3.82. The predicted molar refractivity (Wildman–Crippen MR) is 69.9 cm³/mol. The molecule has 19 heavy (non-hydrogen) atoms. The van der Waals surface area contributed by atoms with E-state index in [-0.39, 0.29) is 19.0 Å². The van der Waals surface area contributed by atoms with E-state index in [0.717, 1.165) is 0 Å². The summed E-state index contributed by atoms with van der Waals surface area (Å²) in [5, 5.41) is 9.04. The van der Waals surface area contributed by atoms with Gasteiger partial charge in [0, 0.05) is 13.1 Å². The van der Waals surface area contributed by atoms with Crippen LogP contribution in [0.15, 0.2) is 0 Å². The van der Waals surface area contributed by atoms with Gasteiger partial charge in [0.25, 0.3) is 10.2 Å². The largest absolute Gasteiger partial charge is 0.480 e. The number of morpholine rings is 1. The Labute approximate surface area is 114 Å². The lowest BCUT2D eigenvalue weighted by Crippen LogP contribution is -2.56. The lowest BCUT2D eigenvalue weighted by atomic mass is 10.1. The zero-order chi connectivity index (χ0) is 14.8. The fourth-order valence-electron chi connectivity index (χ4n) is 1.88. The van der Waals surface area contributed by atoms with Crippen LogP contribution in [0.25, 0.3) is 0 Å². The van der Waals surface area contributed by atoms with Gasteiger partial charge >= 0.3 is 5.97 Å². The summed E-state index contributed by atoms with van der Waals surface area (Å²) in [6.45, 7) is 7.63. The molecule has 0 aliphatic carbocycles. The number of carbonyl (C=O) groups is 1. The monoisotopic (exact) mass is 294 g/mol. The summed E-state index contributed by atoms with van der Waals surface area (Å²) >= 11 is 0. The van der Waals surface area contributed by atoms with Crippen LogP contribution >= 0.6 is 0 Å². The van der Waals surface area contributed by atoms with Crippen molar-refractivity contribution >= 4 is 16.2 Å². The third kappa shape index (κ3) is 4.41. The zero-order valence-corrected chi connectivity index (χ0v) is 12.5. The van der Waals surface area contributed by atoms with Crippen LogP contribution in [-0.4, -0.2) is 55.1 Å². The molecular weight excluding hydrogens is 272 g/mol. The van der Waals surface area contributed by atoms with Gasteiger partial charge in [0.2, 0.25) is 0 Å². The van der Waals surface area contributed by atoms with Crippen molar-refractivity contribution in [1.29, 1.82) is 0 Å². The summed E-state index contributed by atoms with van der Waals surface area (Å²) in [5.41, 5.74) is -0.566. The molecular formula is C11H22N2O5S. The molecule has 7 nitrogen and oxygen atoms in total. The third-order valence-electron chi connectivity index (χ3n) is 2.94. The molecule has 1 heterocycles. The number of carboxylic acids is 1. The van der Waals surface area contributed by atoms with E-state index < -0.39 is 27.8 Å². The highest BCUT2D eigenvalue weighted by Crippen LogP contribution is 2.19. The highest BCUT2D eigenvalue weighted by atomic mass is 32.2. The molecule has 0 aromatic rings. The van der Waals surface area contributed by atoms with Crippen molar-refractivity contribution in [2.75, 3.05) is 19.7 Å². The molecule has 0 saturated carbocycles. The average molecular weight is 294 g/mol. The number of rotatable bonds is 5. The summed E-state index contributed by atoms with van der Waals surface area (Å²) < 4.78 is 33.3. The van der Waals surface area contributed by atoms with Gasteiger partial charge in [0.15, 0.2) is 0 Å². The van der Waals surface area contributed by atoms with Gasteiger partial charge in [-0.1, -0.05) is 13.8 Å². The Balaban J connectivity index is 2.83. The number of hydrogen-bond acceptors (Lipinski definition) is 4. The van der Waals surface area contributed by atoms with E-state index in [2.05, 4.69) is 4.72 Å². The molecule has 0 aromatic carbocycles. The first-order valence-electron chi connectivity index (χ1n) is 6.19. The maximum absolute atomic E-state index is 12.2. The third-order valence-corrected chi connectivity index (χ3v) is 4.48. The van der Waals surface area contributed by atoms with Gasteiger partial charge in [-0.25, -0.2) is 0 Å². The second-order valence-corrected chi connectivity index (χ2v) is 7.33. The number of nitrogens with one attached hydrogen (secondary N) is 1. The van der Waals surface area contributed by atoms with E-state index in [1.165, 1.54) is 4.31 Å². The van der Waals surface area contributed by atoms with Crippen LogP contribution in [0.3, 0.4) is 0 Å². The first-order valence-corrected chi connectivity index (χ1v) is 7.63. The first-order chi connectivity index (χ1) is 8.55. The van der Waals surface area contributed by atoms with Gasteiger partial charge in [-0.2, -0.15) is 17.4 Å². The molecule has 1 rings (SSSR count). The molecule has 0 radical (unpaired) electrons. The molecule has 8 heteroatoms. The van der Waals surface area contributed by atoms with Crippen LogP contribution < -0.4 is 4.72 Å². The maximum Gasteiger partial charge on any atom is 0.322 e. The maximum atomic E-state index is 12.2. The Bertz CT molecular complexity index is 432. The smallest absolute Gasteiger partial charge is 0.322 e. The number of aliphatic carboxylic acids is 1. The highest BCUT2D eigenvalue weighted by molar-refractivity contribution is 7.87. The van der Waals surface area contributed by atoms with Crippen LogP contribution in [0.5, 0.6) is 0 Å². The van der Waals surface area contributed by atoms with E-state index in [9.17, 15) is 13.2 Å². The van der Waals surface area contributed by atoms with Crippen LogP contribution in [0.1, 0.15) is 27.7 Å². The van der Waals surface area contributed by atoms with Gasteiger partial charge in [0.1, 0.15) is 6.04 Å². The minimum absolute atomic E-state index is 0.201. The molecule has 1 atom stereocenters. The van der Waals surface area contributed by atoms with Crippen molar-refractivity contribution < 1.29 is 23.1 Å². The van der Waals surface area contributed by atoms with Gasteiger partial charge in [-0.3, -0.25) is 4.79 Å². The average Bonchev–Trinajstić information content (AvgIpc) is 2.23. The normalized spacial score (nSPS) is 22.4. The highest BCUT2D eigenvalue weighted by Gasteiger charge is 2.36. The zero-order valence-electron chi connectivity index (χ0n) is 11.7. The molecule has 1 fully saturated rings. The number of nitrogens with zero attached hydrogens (tertiary/aromatic N) is 1. The van der Waals surface area contributed by atoms with Crippen molar-refractivity contribution in [1.82, 2.24) is 9.03 Å². The molecule has 0 aromatic heterocycles. The Kier molecular flexibility index (Phi) is 4.94. The van der Waals surface area contributed by atoms with Crippen molar-refractivity contribution in [3.05, 3.63) is 0 Å². The summed E-state index contributed by atoms with van der Waals surface area (Å²) in [5.74, 6) is -1.51. The SMILES string of the molecule is CC(C)[C@@H](NS(=O)(=O)N1CCOC(C)(C)C1)C(=O)O. The van der Waals surface area contributed by atoms with E-state index in [1.807, 2.05) is 0 Å². The van der Waals surface area contributed by atoms with Crippen LogP contribution in [0, 0.1) is 5.92 Å². The quantitative estimate of drug-likeness (QED) is 0.746. The van der Waals surface area contributed by atoms with E-state index in [4.69, 9.17) is 9.84 Å². The Morgan fingerprint density at radius 2 is 2.00 bits per heavy atom. The Morgan fingerprint density at radius 3 is 2.42 bits per heavy atom. The minimum Gasteiger partial charge on any atom is -0.480 e. The molecule has 0 amide bonds. The topological polar surface area (TPSA) is 95.9 Å². The van der Waals surface area contributed by atoms with Crippen molar-refractivity contribution in [2.45, 2.75) is 39.3 Å². The first kappa shape index (κ1) is 16.4. The van der Waals surface area contributed by atoms with Crippen LogP contribution in [-0.2, 0) is 19.7 Å². The van der Waals surface area contributed by atoms with E-state index in [1.54, 1.807) is 27.7 Å². The van der Waals surface area contributed by atoms with Gasteiger partial charge < -0.3 is 9.84 Å². The molecule has 0 unspecified atom stereocenters. The lowest BCUT2D eigenvalue weighted by molar-refractivity contribution is -0.140. The lowest BCUT2D eigenvalue weighted by Gasteiger charge is -2.37. The van der Waals surface area contributed by atoms with Gasteiger partial charge in [-0.05, 0) is 19.8 Å². The standard InChI is InChI=1S/C11H22N2O5S/c1-8(2)9(10(14)15)12-19(16,17)13-5-6-18-11(3,4)7-13/h8-9,12H,5-7H2,1-4H3,(H,14,15)/t9-/m1/s1. The second-order valence-electron chi connectivity index (χ2n) is 5.62. The van der Waals surface area contributed by atoms with E-state index >= 15 is 0 Å². The molecule has 0 spiro atoms. The predicted octanol–water partition coefficient (Wildman–Crippen LogP) is 0.0408. The summed E-state index contributed by atoms with van der Waals surface area (Å²) in [4.78, 5) is 11.1. The van der Waals surface area contributed by atoms with Crippen LogP contribution in [0.2, 0.25) is 0 Å². The van der Waals surface area contributed by atoms with Crippen molar-refractivity contribution in [3.8, 4) is 0 Å². The van der Waals surface area contributed by atoms with Crippen LogP contribution in [0.4, 0.5) is 0 Å². The second kappa shape index (κ2) is 5.74. The number of carboxylic acid groups (broad SMARTS) is 1. The summed E-state index contributed by atoms with van der Waals surface area (Å²) in [6.07, 6.45) is 0. The minimum atomic E-state index is -3.82. The van der Waals surface area contributed by atoms with E-state index in [0.29, 0.717) is 6.61 Å². The number of hydrogen-bond donors (Lipinski definition) is 2. The molecule has 1 aliphatic rings. The molecule has 1 aliphatic heterocycles. The Hall–Kier alpha value is -0.700. The van der Waals surface area contributed by atoms with Crippen molar-refractivity contribution in [2.24, 2.45) is 5.92 Å². The van der Waals surface area contributed by atoms with Crippen molar-refractivity contribution in [3.63, 3.8) is 0 Å². The fourth-order valence-corrected chi connectivity index (χ4v) is 3.52. The fraction of sp³-hybridized carbons (Fsp3) is 0.909.